The molecule has 0 spiro atoms. The maximum atomic E-state index is 3.89. The van der Waals surface area contributed by atoms with Gasteiger partial charge in [0.2, 0.25) is 0 Å². The highest BCUT2D eigenvalue weighted by molar-refractivity contribution is 9.10. The quantitative estimate of drug-likeness (QED) is 0.883. The van der Waals surface area contributed by atoms with Gasteiger partial charge in [0.1, 0.15) is 0 Å². The molecule has 21 heavy (non-hydrogen) atoms. The summed E-state index contributed by atoms with van der Waals surface area (Å²) in [5.41, 5.74) is 1.42. The normalized spacial score (nSPS) is 31.1. The van der Waals surface area contributed by atoms with Crippen molar-refractivity contribution in [2.75, 3.05) is 7.05 Å². The van der Waals surface area contributed by atoms with Crippen LogP contribution in [0.3, 0.4) is 0 Å². The summed E-state index contributed by atoms with van der Waals surface area (Å²) in [6.45, 7) is 2.33. The van der Waals surface area contributed by atoms with Crippen LogP contribution < -0.4 is 5.32 Å². The van der Waals surface area contributed by atoms with Crippen molar-refractivity contribution in [1.29, 1.82) is 0 Å². The molecule has 116 valence electrons. The van der Waals surface area contributed by atoms with Gasteiger partial charge in [0.15, 0.2) is 0 Å². The Morgan fingerprint density at radius 3 is 2.43 bits per heavy atom. The minimum Gasteiger partial charge on any atom is -0.311 e. The molecular weight excluding hydrogens is 324 g/mol. The van der Waals surface area contributed by atoms with E-state index in [0.29, 0.717) is 12.1 Å². The molecule has 2 bridgehead atoms. The van der Waals surface area contributed by atoms with Crippen LogP contribution in [0.25, 0.3) is 0 Å². The number of nitrogens with one attached hydrogen (secondary N) is 1. The first-order valence-corrected chi connectivity index (χ1v) is 9.13. The fourth-order valence-corrected chi connectivity index (χ4v) is 4.45. The molecule has 2 aliphatic heterocycles. The molecule has 3 unspecified atom stereocenters. The summed E-state index contributed by atoms with van der Waals surface area (Å²) in [7, 11) is 2.33. The number of nitrogens with zero attached hydrogens (tertiary/aromatic N) is 1. The smallest absolute Gasteiger partial charge is 0.0175 e. The Morgan fingerprint density at radius 1 is 1.19 bits per heavy atom. The van der Waals surface area contributed by atoms with Crippen molar-refractivity contribution in [3.63, 3.8) is 0 Å². The van der Waals surface area contributed by atoms with Gasteiger partial charge in [0.05, 0.1) is 0 Å². The van der Waals surface area contributed by atoms with Crippen LogP contribution in [0.1, 0.15) is 44.6 Å². The lowest BCUT2D eigenvalue weighted by molar-refractivity contribution is 0.0463. The third kappa shape index (κ3) is 3.88. The Balaban J connectivity index is 1.53. The second-order valence-corrected chi connectivity index (χ2v) is 7.89. The predicted octanol–water partition coefficient (Wildman–Crippen LogP) is 3.99. The lowest BCUT2D eigenvalue weighted by Crippen LogP contribution is -2.55. The summed E-state index contributed by atoms with van der Waals surface area (Å²) in [4.78, 5) is 2.64. The average molecular weight is 351 g/mol. The molecule has 3 rings (SSSR count). The monoisotopic (exact) mass is 350 g/mol. The minimum atomic E-state index is 0.556. The van der Waals surface area contributed by atoms with E-state index in [4.69, 9.17) is 0 Å². The van der Waals surface area contributed by atoms with Crippen LogP contribution in [0.15, 0.2) is 28.7 Å². The largest absolute Gasteiger partial charge is 0.311 e. The fourth-order valence-electron chi connectivity index (χ4n) is 4.19. The molecule has 2 nitrogen and oxygen atoms in total. The van der Waals surface area contributed by atoms with E-state index in [1.807, 2.05) is 0 Å². The molecule has 1 aromatic rings. The van der Waals surface area contributed by atoms with Crippen molar-refractivity contribution >= 4 is 15.9 Å². The fraction of sp³-hybridized carbons (Fsp3) is 0.667. The summed E-state index contributed by atoms with van der Waals surface area (Å²) >= 11 is 3.50. The van der Waals surface area contributed by atoms with Gasteiger partial charge in [-0.15, -0.1) is 0 Å². The van der Waals surface area contributed by atoms with Crippen molar-refractivity contribution in [2.45, 2.75) is 69.6 Å². The maximum Gasteiger partial charge on any atom is 0.0175 e. The summed E-state index contributed by atoms with van der Waals surface area (Å²) in [5.74, 6) is 0. The number of hydrogen-bond donors (Lipinski definition) is 1. The zero-order chi connectivity index (χ0) is 14.8. The van der Waals surface area contributed by atoms with Crippen LogP contribution in [-0.4, -0.2) is 36.1 Å². The number of rotatable bonds is 4. The first kappa shape index (κ1) is 15.5. The summed E-state index contributed by atoms with van der Waals surface area (Å²) in [6, 6.07) is 11.6. The van der Waals surface area contributed by atoms with Crippen molar-refractivity contribution < 1.29 is 0 Å². The molecule has 2 saturated heterocycles. The highest BCUT2D eigenvalue weighted by Gasteiger charge is 2.36. The van der Waals surface area contributed by atoms with Crippen molar-refractivity contribution in [3.05, 3.63) is 34.3 Å². The first-order chi connectivity index (χ1) is 10.1. The Labute approximate surface area is 137 Å². The number of piperidine rings is 2. The molecule has 2 fully saturated rings. The van der Waals surface area contributed by atoms with E-state index in [9.17, 15) is 0 Å². The molecule has 0 saturated carbocycles. The van der Waals surface area contributed by atoms with Crippen molar-refractivity contribution in [1.82, 2.24) is 10.2 Å². The number of benzene rings is 1. The second kappa shape index (κ2) is 6.80. The zero-order valence-corrected chi connectivity index (χ0v) is 14.8. The molecule has 1 aromatic carbocycles. The van der Waals surface area contributed by atoms with Gasteiger partial charge in [-0.25, -0.2) is 0 Å². The Hall–Kier alpha value is -0.380. The van der Waals surface area contributed by atoms with E-state index in [1.54, 1.807) is 0 Å². The lowest BCUT2D eigenvalue weighted by atomic mass is 9.82. The average Bonchev–Trinajstić information content (AvgIpc) is 2.42. The lowest BCUT2D eigenvalue weighted by Gasteiger charge is -2.47. The Bertz CT molecular complexity index is 445. The van der Waals surface area contributed by atoms with Gasteiger partial charge in [-0.05, 0) is 63.8 Å². The van der Waals surface area contributed by atoms with Crippen LogP contribution in [-0.2, 0) is 6.42 Å². The van der Waals surface area contributed by atoms with Crippen LogP contribution in [0.4, 0.5) is 0 Å². The highest BCUT2D eigenvalue weighted by Crippen LogP contribution is 2.32. The van der Waals surface area contributed by atoms with Gasteiger partial charge in [-0.1, -0.05) is 34.5 Å². The van der Waals surface area contributed by atoms with E-state index < -0.39 is 0 Å². The Kier molecular flexibility index (Phi) is 5.03. The molecule has 2 aliphatic rings. The van der Waals surface area contributed by atoms with E-state index in [-0.39, 0.29) is 0 Å². The second-order valence-electron chi connectivity index (χ2n) is 6.97. The predicted molar refractivity (Wildman–Crippen MR) is 92.7 cm³/mol. The van der Waals surface area contributed by atoms with Crippen LogP contribution in [0, 0.1) is 0 Å². The number of hydrogen-bond acceptors (Lipinski definition) is 2. The SMILES string of the molecule is CC(Cc1ccc(Br)cc1)NC1CC2CCCC(C1)N2C. The number of halogens is 1. The third-order valence-corrected chi connectivity index (χ3v) is 5.84. The van der Waals surface area contributed by atoms with E-state index in [0.717, 1.165) is 23.0 Å². The van der Waals surface area contributed by atoms with Gasteiger partial charge in [-0.2, -0.15) is 0 Å². The van der Waals surface area contributed by atoms with Gasteiger partial charge >= 0.3 is 0 Å². The van der Waals surface area contributed by atoms with Crippen LogP contribution in [0.2, 0.25) is 0 Å². The summed E-state index contributed by atoms with van der Waals surface area (Å²) < 4.78 is 1.16. The van der Waals surface area contributed by atoms with Crippen LogP contribution in [0.5, 0.6) is 0 Å². The van der Waals surface area contributed by atoms with Crippen molar-refractivity contribution in [3.8, 4) is 0 Å². The molecule has 3 heteroatoms. The first-order valence-electron chi connectivity index (χ1n) is 8.34. The third-order valence-electron chi connectivity index (χ3n) is 5.32. The molecule has 0 aliphatic carbocycles. The van der Waals surface area contributed by atoms with E-state index in [1.165, 1.54) is 37.7 Å². The number of fused-ring (bicyclic) bond motifs is 2. The zero-order valence-electron chi connectivity index (χ0n) is 13.2. The van der Waals surface area contributed by atoms with E-state index in [2.05, 4.69) is 64.4 Å². The molecule has 2 heterocycles. The van der Waals surface area contributed by atoms with Crippen molar-refractivity contribution in [2.24, 2.45) is 0 Å². The van der Waals surface area contributed by atoms with Gasteiger partial charge in [0.25, 0.3) is 0 Å². The standard InChI is InChI=1S/C18H27BrN2/c1-13(10-14-6-8-15(19)9-7-14)20-16-11-17-4-3-5-18(12-16)21(17)2/h6-9,13,16-18,20H,3-5,10-12H2,1-2H3. The van der Waals surface area contributed by atoms with Gasteiger partial charge in [-0.3, -0.25) is 0 Å². The molecule has 0 aromatic heterocycles. The van der Waals surface area contributed by atoms with Gasteiger partial charge in [0, 0.05) is 28.6 Å². The molecular formula is C18H27BrN2. The highest BCUT2D eigenvalue weighted by atomic mass is 79.9. The molecule has 3 atom stereocenters. The minimum absolute atomic E-state index is 0.556. The topological polar surface area (TPSA) is 15.3 Å². The molecule has 0 radical (unpaired) electrons. The molecule has 0 amide bonds. The molecule has 1 N–H and O–H groups in total. The van der Waals surface area contributed by atoms with E-state index >= 15 is 0 Å². The Morgan fingerprint density at radius 2 is 1.81 bits per heavy atom. The van der Waals surface area contributed by atoms with Gasteiger partial charge < -0.3 is 10.2 Å². The maximum absolute atomic E-state index is 3.89. The van der Waals surface area contributed by atoms with Crippen LogP contribution >= 0.6 is 15.9 Å². The summed E-state index contributed by atoms with van der Waals surface area (Å²) in [5, 5.41) is 3.89. The summed E-state index contributed by atoms with van der Waals surface area (Å²) in [6.07, 6.45) is 8.00.